The molecule has 0 aromatic heterocycles. The molecule has 4 N–H and O–H groups in total. The monoisotopic (exact) mass is 260 g/mol. The highest BCUT2D eigenvalue weighted by molar-refractivity contribution is 5.78. The van der Waals surface area contributed by atoms with Gasteiger partial charge in [-0.1, -0.05) is 13.8 Å². The van der Waals surface area contributed by atoms with Crippen LogP contribution in [0.3, 0.4) is 0 Å². The molecule has 106 valence electrons. The van der Waals surface area contributed by atoms with E-state index in [1.54, 1.807) is 0 Å². The second kappa shape index (κ2) is 8.05. The van der Waals surface area contributed by atoms with E-state index in [9.17, 15) is 14.7 Å². The standard InChI is InChI=1S/C12H24N2O4/c1-12(2,6-7-13)5-4-10(16)14-8-9(15)11(17)18-3/h9,15H,4-8,13H2,1-3H3,(H,14,16). The molecule has 0 rings (SSSR count). The molecule has 0 heterocycles. The number of hydrogen-bond acceptors (Lipinski definition) is 5. The van der Waals surface area contributed by atoms with Crippen molar-refractivity contribution in [3.05, 3.63) is 0 Å². The first-order valence-electron chi connectivity index (χ1n) is 6.05. The van der Waals surface area contributed by atoms with Crippen LogP contribution in [0.25, 0.3) is 0 Å². The molecule has 0 spiro atoms. The van der Waals surface area contributed by atoms with Gasteiger partial charge in [-0.3, -0.25) is 4.79 Å². The van der Waals surface area contributed by atoms with Gasteiger partial charge in [0.1, 0.15) is 0 Å². The number of carbonyl (C=O) groups excluding carboxylic acids is 2. The predicted molar refractivity (Wildman–Crippen MR) is 67.7 cm³/mol. The van der Waals surface area contributed by atoms with Crippen LogP contribution in [-0.2, 0) is 14.3 Å². The van der Waals surface area contributed by atoms with Crippen LogP contribution in [-0.4, -0.2) is 43.3 Å². The SMILES string of the molecule is COC(=O)C(O)CNC(=O)CCC(C)(C)CCN. The zero-order chi connectivity index (χ0) is 14.2. The number of esters is 1. The van der Waals surface area contributed by atoms with E-state index in [0.717, 1.165) is 6.42 Å². The summed E-state index contributed by atoms with van der Waals surface area (Å²) in [4.78, 5) is 22.4. The van der Waals surface area contributed by atoms with Gasteiger partial charge >= 0.3 is 5.97 Å². The summed E-state index contributed by atoms with van der Waals surface area (Å²) >= 11 is 0. The highest BCUT2D eigenvalue weighted by Gasteiger charge is 2.20. The van der Waals surface area contributed by atoms with Gasteiger partial charge in [0.15, 0.2) is 6.10 Å². The lowest BCUT2D eigenvalue weighted by Gasteiger charge is -2.23. The van der Waals surface area contributed by atoms with Crippen molar-refractivity contribution in [1.29, 1.82) is 0 Å². The van der Waals surface area contributed by atoms with Crippen LogP contribution in [0.4, 0.5) is 0 Å². The lowest BCUT2D eigenvalue weighted by molar-refractivity contribution is -0.150. The van der Waals surface area contributed by atoms with Crippen molar-refractivity contribution in [3.63, 3.8) is 0 Å². The molecular formula is C12H24N2O4. The summed E-state index contributed by atoms with van der Waals surface area (Å²) in [5.74, 6) is -0.943. The lowest BCUT2D eigenvalue weighted by atomic mass is 9.84. The van der Waals surface area contributed by atoms with Gasteiger partial charge in [-0.2, -0.15) is 0 Å². The number of aliphatic hydroxyl groups is 1. The molecule has 1 unspecified atom stereocenters. The molecule has 0 aliphatic heterocycles. The van der Waals surface area contributed by atoms with Crippen LogP contribution < -0.4 is 11.1 Å². The molecule has 0 aliphatic rings. The van der Waals surface area contributed by atoms with Crippen LogP contribution >= 0.6 is 0 Å². The molecule has 18 heavy (non-hydrogen) atoms. The van der Waals surface area contributed by atoms with Gasteiger partial charge in [0, 0.05) is 6.42 Å². The molecule has 0 saturated carbocycles. The zero-order valence-corrected chi connectivity index (χ0v) is 11.4. The summed E-state index contributed by atoms with van der Waals surface area (Å²) < 4.78 is 4.34. The molecule has 0 saturated heterocycles. The Hall–Kier alpha value is -1.14. The van der Waals surface area contributed by atoms with Crippen molar-refractivity contribution in [3.8, 4) is 0 Å². The Morgan fingerprint density at radius 1 is 1.39 bits per heavy atom. The Balaban J connectivity index is 3.88. The average molecular weight is 260 g/mol. The summed E-state index contributed by atoms with van der Waals surface area (Å²) in [7, 11) is 1.18. The number of ether oxygens (including phenoxy) is 1. The largest absolute Gasteiger partial charge is 0.467 e. The van der Waals surface area contributed by atoms with Crippen molar-refractivity contribution < 1.29 is 19.4 Å². The fourth-order valence-electron chi connectivity index (χ4n) is 1.49. The van der Waals surface area contributed by atoms with Crippen molar-refractivity contribution in [2.75, 3.05) is 20.2 Å². The number of aliphatic hydroxyl groups excluding tert-OH is 1. The van der Waals surface area contributed by atoms with Crippen LogP contribution in [0.2, 0.25) is 0 Å². The number of methoxy groups -OCH3 is 1. The summed E-state index contributed by atoms with van der Waals surface area (Å²) in [6.45, 7) is 4.57. The Kier molecular flexibility index (Phi) is 7.54. The average Bonchev–Trinajstić information content (AvgIpc) is 2.32. The van der Waals surface area contributed by atoms with E-state index in [-0.39, 0.29) is 17.9 Å². The molecule has 0 fully saturated rings. The van der Waals surface area contributed by atoms with Crippen LogP contribution in [0, 0.1) is 5.41 Å². The molecule has 6 nitrogen and oxygen atoms in total. The van der Waals surface area contributed by atoms with Gasteiger partial charge in [0.05, 0.1) is 13.7 Å². The Labute approximate surface area is 108 Å². The molecule has 0 aliphatic carbocycles. The topological polar surface area (TPSA) is 102 Å². The minimum atomic E-state index is -1.31. The maximum absolute atomic E-state index is 11.5. The maximum atomic E-state index is 11.5. The minimum absolute atomic E-state index is 0.0209. The number of carbonyl (C=O) groups is 2. The first kappa shape index (κ1) is 16.9. The molecule has 0 aromatic rings. The second-order valence-electron chi connectivity index (χ2n) is 5.05. The van der Waals surface area contributed by atoms with Crippen molar-refractivity contribution >= 4 is 11.9 Å². The van der Waals surface area contributed by atoms with E-state index in [0.29, 0.717) is 19.4 Å². The van der Waals surface area contributed by atoms with Crippen LogP contribution in [0.5, 0.6) is 0 Å². The van der Waals surface area contributed by atoms with Gasteiger partial charge in [0.2, 0.25) is 5.91 Å². The van der Waals surface area contributed by atoms with Gasteiger partial charge in [-0.15, -0.1) is 0 Å². The molecule has 0 radical (unpaired) electrons. The Morgan fingerprint density at radius 2 is 2.00 bits per heavy atom. The number of nitrogens with one attached hydrogen (secondary N) is 1. The number of hydrogen-bond donors (Lipinski definition) is 3. The molecule has 0 aromatic carbocycles. The van der Waals surface area contributed by atoms with Crippen molar-refractivity contribution in [2.24, 2.45) is 11.1 Å². The lowest BCUT2D eigenvalue weighted by Crippen LogP contribution is -2.37. The molecule has 6 heteroatoms. The molecule has 1 amide bonds. The van der Waals surface area contributed by atoms with Gasteiger partial charge in [0.25, 0.3) is 0 Å². The zero-order valence-electron chi connectivity index (χ0n) is 11.4. The van der Waals surface area contributed by atoms with Crippen LogP contribution in [0.15, 0.2) is 0 Å². The van der Waals surface area contributed by atoms with E-state index in [2.05, 4.69) is 23.9 Å². The van der Waals surface area contributed by atoms with E-state index in [1.807, 2.05) is 0 Å². The molecular weight excluding hydrogens is 236 g/mol. The van der Waals surface area contributed by atoms with Crippen molar-refractivity contribution in [1.82, 2.24) is 5.32 Å². The first-order valence-corrected chi connectivity index (χ1v) is 6.05. The molecule has 0 bridgehead atoms. The quantitative estimate of drug-likeness (QED) is 0.524. The number of amides is 1. The van der Waals surface area contributed by atoms with Crippen LogP contribution in [0.1, 0.15) is 33.1 Å². The molecule has 1 atom stereocenters. The van der Waals surface area contributed by atoms with Crippen molar-refractivity contribution in [2.45, 2.75) is 39.2 Å². The normalized spacial score (nSPS) is 12.9. The predicted octanol–water partition coefficient (Wildman–Crippen LogP) is -0.208. The Morgan fingerprint density at radius 3 is 2.50 bits per heavy atom. The third-order valence-corrected chi connectivity index (χ3v) is 2.82. The van der Waals surface area contributed by atoms with E-state index < -0.39 is 12.1 Å². The summed E-state index contributed by atoms with van der Waals surface area (Å²) in [5.41, 5.74) is 5.50. The highest BCUT2D eigenvalue weighted by Crippen LogP contribution is 2.25. The number of nitrogens with two attached hydrogens (primary N) is 1. The summed E-state index contributed by atoms with van der Waals surface area (Å²) in [6.07, 6.45) is 0.604. The fraction of sp³-hybridized carbons (Fsp3) is 0.833. The minimum Gasteiger partial charge on any atom is -0.467 e. The van der Waals surface area contributed by atoms with Gasteiger partial charge in [-0.25, -0.2) is 4.79 Å². The van der Waals surface area contributed by atoms with Gasteiger partial charge in [-0.05, 0) is 24.8 Å². The fourth-order valence-corrected chi connectivity index (χ4v) is 1.49. The first-order chi connectivity index (χ1) is 8.32. The number of rotatable bonds is 8. The van der Waals surface area contributed by atoms with E-state index in [4.69, 9.17) is 5.73 Å². The highest BCUT2D eigenvalue weighted by atomic mass is 16.5. The summed E-state index contributed by atoms with van der Waals surface area (Å²) in [6, 6.07) is 0. The second-order valence-corrected chi connectivity index (χ2v) is 5.05. The third kappa shape index (κ3) is 7.24. The smallest absolute Gasteiger partial charge is 0.336 e. The maximum Gasteiger partial charge on any atom is 0.336 e. The third-order valence-electron chi connectivity index (χ3n) is 2.82. The van der Waals surface area contributed by atoms with E-state index in [1.165, 1.54) is 7.11 Å². The van der Waals surface area contributed by atoms with Gasteiger partial charge < -0.3 is 20.9 Å². The Bertz CT molecular complexity index is 279. The summed E-state index contributed by atoms with van der Waals surface area (Å²) in [5, 5.41) is 11.8. The van der Waals surface area contributed by atoms with E-state index >= 15 is 0 Å².